The van der Waals surface area contributed by atoms with E-state index >= 15 is 0 Å². The van der Waals surface area contributed by atoms with Crippen LogP contribution in [0.15, 0.2) is 35.4 Å². The number of carbonyl (C=O) groups is 1. The number of benzene rings is 1. The van der Waals surface area contributed by atoms with Crippen molar-refractivity contribution in [1.82, 2.24) is 9.97 Å². The Hall–Kier alpha value is -2.08. The minimum Gasteiger partial charge on any atom is -0.480 e. The third kappa shape index (κ3) is 2.34. The van der Waals surface area contributed by atoms with Gasteiger partial charge in [-0.15, -0.1) is 11.8 Å². The second-order valence-corrected chi connectivity index (χ2v) is 5.57. The monoisotopic (exact) mass is 287 g/mol. The third-order valence-electron chi connectivity index (χ3n) is 3.11. The Bertz CT molecular complexity index is 675. The summed E-state index contributed by atoms with van der Waals surface area (Å²) >= 11 is 1.76. The first-order valence-corrected chi connectivity index (χ1v) is 7.21. The summed E-state index contributed by atoms with van der Waals surface area (Å²) in [5, 5.41) is 11.7. The largest absolute Gasteiger partial charge is 0.480 e. The SMILES string of the molecule is C[C@H](Nc1ncc2c(n1)-c1ccccc1SC2)C(=O)O. The number of fused-ring (bicyclic) bond motifs is 3. The predicted octanol–water partition coefficient (Wildman–Crippen LogP) is 2.63. The zero-order chi connectivity index (χ0) is 14.1. The van der Waals surface area contributed by atoms with Gasteiger partial charge in [0, 0.05) is 28.0 Å². The van der Waals surface area contributed by atoms with Gasteiger partial charge in [-0.3, -0.25) is 4.79 Å². The van der Waals surface area contributed by atoms with E-state index in [4.69, 9.17) is 5.11 Å². The number of aliphatic carboxylic acids is 1. The molecule has 0 spiro atoms. The molecule has 2 aromatic rings. The van der Waals surface area contributed by atoms with Crippen LogP contribution in [-0.2, 0) is 10.5 Å². The number of hydrogen-bond acceptors (Lipinski definition) is 5. The molecule has 1 aromatic carbocycles. The quantitative estimate of drug-likeness (QED) is 0.904. The zero-order valence-corrected chi connectivity index (χ0v) is 11.6. The lowest BCUT2D eigenvalue weighted by molar-refractivity contribution is -0.137. The Morgan fingerprint density at radius 2 is 2.25 bits per heavy atom. The van der Waals surface area contributed by atoms with Gasteiger partial charge in [0.2, 0.25) is 5.95 Å². The number of hydrogen-bond donors (Lipinski definition) is 2. The first-order valence-electron chi connectivity index (χ1n) is 6.22. The highest BCUT2D eigenvalue weighted by Crippen LogP contribution is 2.40. The smallest absolute Gasteiger partial charge is 0.325 e. The molecule has 0 bridgehead atoms. The minimum absolute atomic E-state index is 0.348. The van der Waals surface area contributed by atoms with E-state index in [9.17, 15) is 4.79 Å². The fourth-order valence-corrected chi connectivity index (χ4v) is 3.03. The van der Waals surface area contributed by atoms with Crippen LogP contribution in [0.25, 0.3) is 11.3 Å². The number of aromatic nitrogens is 2. The lowest BCUT2D eigenvalue weighted by Crippen LogP contribution is -2.26. The van der Waals surface area contributed by atoms with Crippen LogP contribution in [0.2, 0.25) is 0 Å². The summed E-state index contributed by atoms with van der Waals surface area (Å²) in [7, 11) is 0. The number of nitrogens with one attached hydrogen (secondary N) is 1. The lowest BCUT2D eigenvalue weighted by Gasteiger charge is -2.19. The van der Waals surface area contributed by atoms with Gasteiger partial charge in [0.15, 0.2) is 0 Å². The first-order chi connectivity index (χ1) is 9.65. The molecule has 1 atom stereocenters. The molecular weight excluding hydrogens is 274 g/mol. The van der Waals surface area contributed by atoms with E-state index in [-0.39, 0.29) is 0 Å². The fraction of sp³-hybridized carbons (Fsp3) is 0.214. The molecule has 0 amide bonds. The second kappa shape index (κ2) is 5.13. The van der Waals surface area contributed by atoms with E-state index in [1.807, 2.05) is 18.2 Å². The lowest BCUT2D eigenvalue weighted by atomic mass is 10.1. The van der Waals surface area contributed by atoms with Crippen LogP contribution < -0.4 is 5.32 Å². The molecule has 1 aliphatic heterocycles. The molecule has 0 saturated heterocycles. The Labute approximate surface area is 120 Å². The van der Waals surface area contributed by atoms with Gasteiger partial charge in [0.1, 0.15) is 6.04 Å². The molecule has 2 heterocycles. The van der Waals surface area contributed by atoms with Crippen molar-refractivity contribution in [2.75, 3.05) is 5.32 Å². The van der Waals surface area contributed by atoms with Crippen molar-refractivity contribution in [3.8, 4) is 11.3 Å². The van der Waals surface area contributed by atoms with Gasteiger partial charge in [-0.2, -0.15) is 0 Å². The molecule has 5 nitrogen and oxygen atoms in total. The molecule has 0 radical (unpaired) electrons. The molecule has 0 saturated carbocycles. The van der Waals surface area contributed by atoms with E-state index < -0.39 is 12.0 Å². The van der Waals surface area contributed by atoms with Gasteiger partial charge in [-0.1, -0.05) is 18.2 Å². The molecule has 3 rings (SSSR count). The summed E-state index contributed by atoms with van der Waals surface area (Å²) in [6.45, 7) is 1.56. The van der Waals surface area contributed by atoms with Crippen LogP contribution in [-0.4, -0.2) is 27.1 Å². The highest BCUT2D eigenvalue weighted by molar-refractivity contribution is 7.98. The van der Waals surface area contributed by atoms with Crippen molar-refractivity contribution in [3.63, 3.8) is 0 Å². The highest BCUT2D eigenvalue weighted by atomic mass is 32.2. The second-order valence-electron chi connectivity index (χ2n) is 4.56. The Morgan fingerprint density at radius 1 is 1.45 bits per heavy atom. The Morgan fingerprint density at radius 3 is 3.05 bits per heavy atom. The molecule has 0 aliphatic carbocycles. The predicted molar refractivity (Wildman–Crippen MR) is 77.7 cm³/mol. The van der Waals surface area contributed by atoms with Crippen LogP contribution in [0.4, 0.5) is 5.95 Å². The summed E-state index contributed by atoms with van der Waals surface area (Å²) in [6.07, 6.45) is 1.77. The summed E-state index contributed by atoms with van der Waals surface area (Å²) in [5.74, 6) is 0.254. The van der Waals surface area contributed by atoms with Crippen molar-refractivity contribution in [2.24, 2.45) is 0 Å². The van der Waals surface area contributed by atoms with Crippen LogP contribution in [0, 0.1) is 0 Å². The summed E-state index contributed by atoms with van der Waals surface area (Å²) in [6, 6.07) is 7.35. The van der Waals surface area contributed by atoms with Crippen molar-refractivity contribution in [1.29, 1.82) is 0 Å². The number of carboxylic acids is 1. The van der Waals surface area contributed by atoms with Gasteiger partial charge in [-0.25, -0.2) is 9.97 Å². The molecule has 20 heavy (non-hydrogen) atoms. The van der Waals surface area contributed by atoms with Crippen molar-refractivity contribution in [3.05, 3.63) is 36.0 Å². The zero-order valence-electron chi connectivity index (χ0n) is 10.8. The van der Waals surface area contributed by atoms with E-state index in [1.54, 1.807) is 24.9 Å². The third-order valence-corrected chi connectivity index (χ3v) is 4.23. The van der Waals surface area contributed by atoms with Gasteiger partial charge in [-0.05, 0) is 13.0 Å². The summed E-state index contributed by atoms with van der Waals surface area (Å²) in [4.78, 5) is 20.7. The Kier molecular flexibility index (Phi) is 3.31. The Balaban J connectivity index is 1.99. The van der Waals surface area contributed by atoms with Crippen molar-refractivity contribution < 1.29 is 9.90 Å². The van der Waals surface area contributed by atoms with Crippen molar-refractivity contribution in [2.45, 2.75) is 23.6 Å². The number of nitrogens with zero attached hydrogens (tertiary/aromatic N) is 2. The average Bonchev–Trinajstić information content (AvgIpc) is 2.47. The van der Waals surface area contributed by atoms with Crippen LogP contribution in [0.1, 0.15) is 12.5 Å². The molecular formula is C14H13N3O2S. The van der Waals surface area contributed by atoms with E-state index in [0.717, 1.165) is 22.6 Å². The molecule has 0 fully saturated rings. The van der Waals surface area contributed by atoms with Crippen LogP contribution in [0.5, 0.6) is 0 Å². The maximum Gasteiger partial charge on any atom is 0.325 e. The van der Waals surface area contributed by atoms with Gasteiger partial charge < -0.3 is 10.4 Å². The topological polar surface area (TPSA) is 75.1 Å². The fourth-order valence-electron chi connectivity index (χ4n) is 2.01. The van der Waals surface area contributed by atoms with Crippen LogP contribution in [0.3, 0.4) is 0 Å². The average molecular weight is 287 g/mol. The number of thioether (sulfide) groups is 1. The number of rotatable bonds is 3. The summed E-state index contributed by atoms with van der Waals surface area (Å²) < 4.78 is 0. The maximum absolute atomic E-state index is 10.9. The minimum atomic E-state index is -0.928. The van der Waals surface area contributed by atoms with Crippen molar-refractivity contribution >= 4 is 23.7 Å². The highest BCUT2D eigenvalue weighted by Gasteiger charge is 2.19. The van der Waals surface area contributed by atoms with Gasteiger partial charge in [0.05, 0.1) is 5.69 Å². The molecule has 102 valence electrons. The van der Waals surface area contributed by atoms with Crippen LogP contribution >= 0.6 is 11.8 Å². The molecule has 1 aliphatic rings. The van der Waals surface area contributed by atoms with E-state index in [1.165, 1.54) is 4.90 Å². The van der Waals surface area contributed by atoms with E-state index in [2.05, 4.69) is 21.4 Å². The summed E-state index contributed by atoms with van der Waals surface area (Å²) in [5.41, 5.74) is 3.03. The number of carboxylic acid groups (broad SMARTS) is 1. The standard InChI is InChI=1S/C14H13N3O2S/c1-8(13(18)19)16-14-15-6-9-7-20-11-5-3-2-4-10(11)12(9)17-14/h2-6,8H,7H2,1H3,(H,18,19)(H,15,16,17)/t8-/m0/s1. The normalized spacial score (nSPS) is 14.1. The van der Waals surface area contributed by atoms with Gasteiger partial charge >= 0.3 is 5.97 Å². The van der Waals surface area contributed by atoms with Gasteiger partial charge in [0.25, 0.3) is 0 Å². The van der Waals surface area contributed by atoms with E-state index in [0.29, 0.717) is 5.95 Å². The molecule has 0 unspecified atom stereocenters. The molecule has 6 heteroatoms. The molecule has 2 N–H and O–H groups in total. The maximum atomic E-state index is 10.9. The number of anilines is 1. The first kappa shape index (κ1) is 12.9. The molecule has 1 aromatic heterocycles.